The van der Waals surface area contributed by atoms with Gasteiger partial charge in [0.05, 0.1) is 18.8 Å². The third-order valence-electron chi connectivity index (χ3n) is 4.97. The highest BCUT2D eigenvalue weighted by Crippen LogP contribution is 2.35. The molecule has 5 heteroatoms. The van der Waals surface area contributed by atoms with Crippen LogP contribution >= 0.6 is 11.3 Å². The van der Waals surface area contributed by atoms with Gasteiger partial charge in [-0.2, -0.15) is 0 Å². The van der Waals surface area contributed by atoms with E-state index in [2.05, 4.69) is 23.5 Å². The first-order valence-corrected chi connectivity index (χ1v) is 9.98. The van der Waals surface area contributed by atoms with E-state index in [1.54, 1.807) is 18.4 Å². The number of methoxy groups -OCH3 is 1. The van der Waals surface area contributed by atoms with Crippen LogP contribution in [0.3, 0.4) is 0 Å². The van der Waals surface area contributed by atoms with Gasteiger partial charge in [-0.05, 0) is 48.1 Å². The molecule has 1 saturated heterocycles. The second kappa shape index (κ2) is 7.84. The minimum Gasteiger partial charge on any atom is -0.497 e. The van der Waals surface area contributed by atoms with Crippen LogP contribution in [-0.2, 0) is 0 Å². The summed E-state index contributed by atoms with van der Waals surface area (Å²) in [6.07, 6.45) is 1.99. The van der Waals surface area contributed by atoms with Crippen molar-refractivity contribution in [1.29, 1.82) is 0 Å². The Labute approximate surface area is 163 Å². The van der Waals surface area contributed by atoms with Crippen LogP contribution in [0, 0.1) is 0 Å². The van der Waals surface area contributed by atoms with Crippen LogP contribution < -0.4 is 10.1 Å². The Kier molecular flexibility index (Phi) is 5.12. The molecule has 1 aliphatic heterocycles. The number of thiophene rings is 1. The number of amides is 2. The number of anilines is 1. The summed E-state index contributed by atoms with van der Waals surface area (Å²) in [6, 6.07) is 20.1. The van der Waals surface area contributed by atoms with E-state index in [4.69, 9.17) is 4.74 Å². The predicted molar refractivity (Wildman–Crippen MR) is 110 cm³/mol. The van der Waals surface area contributed by atoms with Gasteiger partial charge in [0.2, 0.25) is 0 Å². The van der Waals surface area contributed by atoms with Gasteiger partial charge in [0.15, 0.2) is 0 Å². The maximum Gasteiger partial charge on any atom is 0.322 e. The van der Waals surface area contributed by atoms with Crippen LogP contribution in [0.25, 0.3) is 10.4 Å². The molecule has 1 aliphatic rings. The van der Waals surface area contributed by atoms with E-state index in [-0.39, 0.29) is 12.1 Å². The van der Waals surface area contributed by atoms with E-state index in [0.29, 0.717) is 0 Å². The Bertz CT molecular complexity index is 906. The van der Waals surface area contributed by atoms with Gasteiger partial charge in [0.25, 0.3) is 0 Å². The molecule has 1 fully saturated rings. The van der Waals surface area contributed by atoms with Gasteiger partial charge in [0.1, 0.15) is 5.75 Å². The van der Waals surface area contributed by atoms with Gasteiger partial charge >= 0.3 is 6.03 Å². The number of carbonyl (C=O) groups is 1. The highest BCUT2D eigenvalue weighted by molar-refractivity contribution is 7.13. The maximum absolute atomic E-state index is 13.0. The van der Waals surface area contributed by atoms with E-state index in [0.717, 1.165) is 46.8 Å². The number of likely N-dealkylation sites (tertiary alicyclic amines) is 1. The lowest BCUT2D eigenvalue weighted by Gasteiger charge is -2.26. The Morgan fingerprint density at radius 2 is 1.93 bits per heavy atom. The summed E-state index contributed by atoms with van der Waals surface area (Å²) in [5.74, 6) is 0.831. The minimum absolute atomic E-state index is 0.0441. The van der Waals surface area contributed by atoms with Crippen molar-refractivity contribution in [3.63, 3.8) is 0 Å². The molecule has 138 valence electrons. The number of hydrogen-bond acceptors (Lipinski definition) is 3. The molecule has 2 heterocycles. The van der Waals surface area contributed by atoms with Crippen molar-refractivity contribution >= 4 is 23.1 Å². The van der Waals surface area contributed by atoms with Crippen LogP contribution in [0.2, 0.25) is 0 Å². The third kappa shape index (κ3) is 3.69. The first-order chi connectivity index (χ1) is 13.3. The molecule has 0 spiro atoms. The molecule has 27 heavy (non-hydrogen) atoms. The smallest absolute Gasteiger partial charge is 0.322 e. The maximum atomic E-state index is 13.0. The first-order valence-electron chi connectivity index (χ1n) is 9.11. The molecule has 1 N–H and O–H groups in total. The average Bonchev–Trinajstić information content (AvgIpc) is 3.40. The van der Waals surface area contributed by atoms with Crippen molar-refractivity contribution in [2.24, 2.45) is 0 Å². The van der Waals surface area contributed by atoms with Crippen LogP contribution in [0.4, 0.5) is 10.5 Å². The molecular formula is C22H22N2O2S. The molecule has 4 rings (SSSR count). The van der Waals surface area contributed by atoms with E-state index in [1.807, 2.05) is 52.7 Å². The molecule has 2 aromatic carbocycles. The summed E-state index contributed by atoms with van der Waals surface area (Å²) in [7, 11) is 1.66. The number of hydrogen-bond donors (Lipinski definition) is 1. The summed E-state index contributed by atoms with van der Waals surface area (Å²) >= 11 is 1.67. The van der Waals surface area contributed by atoms with Crippen molar-refractivity contribution in [3.05, 3.63) is 71.6 Å². The lowest BCUT2D eigenvalue weighted by Crippen LogP contribution is -2.34. The minimum atomic E-state index is -0.0441. The molecule has 0 aliphatic carbocycles. The number of nitrogens with zero attached hydrogens (tertiary/aromatic N) is 1. The monoisotopic (exact) mass is 378 g/mol. The topological polar surface area (TPSA) is 41.6 Å². The number of nitrogens with one attached hydrogen (secondary N) is 1. The zero-order chi connectivity index (χ0) is 18.6. The van der Waals surface area contributed by atoms with Gasteiger partial charge in [0, 0.05) is 17.0 Å². The number of ether oxygens (including phenoxy) is 1. The van der Waals surface area contributed by atoms with Crippen molar-refractivity contribution in [1.82, 2.24) is 4.90 Å². The van der Waals surface area contributed by atoms with E-state index < -0.39 is 0 Å². The van der Waals surface area contributed by atoms with Crippen molar-refractivity contribution in [2.45, 2.75) is 18.9 Å². The fourth-order valence-electron chi connectivity index (χ4n) is 3.61. The Hall–Kier alpha value is -2.79. The molecule has 1 unspecified atom stereocenters. The summed E-state index contributed by atoms with van der Waals surface area (Å²) < 4.78 is 5.24. The third-order valence-corrected chi connectivity index (χ3v) is 5.87. The van der Waals surface area contributed by atoms with Gasteiger partial charge < -0.3 is 15.0 Å². The van der Waals surface area contributed by atoms with Gasteiger partial charge in [-0.1, -0.05) is 36.4 Å². The van der Waals surface area contributed by atoms with E-state index >= 15 is 0 Å². The lowest BCUT2D eigenvalue weighted by atomic mass is 10.0. The van der Waals surface area contributed by atoms with Crippen molar-refractivity contribution in [3.8, 4) is 16.2 Å². The Balaban J connectivity index is 1.54. The fraction of sp³-hybridized carbons (Fsp3) is 0.227. The molecule has 1 atom stereocenters. The fourth-order valence-corrected chi connectivity index (χ4v) is 4.37. The highest BCUT2D eigenvalue weighted by atomic mass is 32.1. The largest absolute Gasteiger partial charge is 0.497 e. The SMILES string of the molecule is COc1ccc(C2CCCN2C(=O)Nc2ccccc2-c2cccs2)cc1. The predicted octanol–water partition coefficient (Wildman–Crippen LogP) is 5.79. The second-order valence-electron chi connectivity index (χ2n) is 6.58. The molecular weight excluding hydrogens is 356 g/mol. The molecule has 2 amide bonds. The number of urea groups is 1. The van der Waals surface area contributed by atoms with E-state index in [1.165, 1.54) is 0 Å². The lowest BCUT2D eigenvalue weighted by molar-refractivity contribution is 0.207. The quantitative estimate of drug-likeness (QED) is 0.624. The normalized spacial score (nSPS) is 16.3. The van der Waals surface area contributed by atoms with Gasteiger partial charge in [-0.3, -0.25) is 0 Å². The summed E-state index contributed by atoms with van der Waals surface area (Å²) in [6.45, 7) is 0.768. The van der Waals surface area contributed by atoms with Crippen LogP contribution in [-0.4, -0.2) is 24.6 Å². The molecule has 0 bridgehead atoms. The number of rotatable bonds is 4. The Morgan fingerprint density at radius 1 is 1.11 bits per heavy atom. The Morgan fingerprint density at radius 3 is 2.67 bits per heavy atom. The van der Waals surface area contributed by atoms with Gasteiger partial charge in [-0.25, -0.2) is 4.79 Å². The van der Waals surface area contributed by atoms with Crippen molar-refractivity contribution < 1.29 is 9.53 Å². The second-order valence-corrected chi connectivity index (χ2v) is 7.53. The first kappa shape index (κ1) is 17.6. The number of para-hydroxylation sites is 1. The standard InChI is InChI=1S/C22H22N2O2S/c1-26-17-12-10-16(11-13-17)20-8-4-14-24(20)22(25)23-19-7-3-2-6-18(19)21-9-5-15-27-21/h2-3,5-7,9-13,15,20H,4,8,14H2,1H3,(H,23,25). The summed E-state index contributed by atoms with van der Waals surface area (Å²) in [5, 5.41) is 5.18. The zero-order valence-electron chi connectivity index (χ0n) is 15.2. The zero-order valence-corrected chi connectivity index (χ0v) is 16.0. The molecule has 0 saturated carbocycles. The van der Waals surface area contributed by atoms with Crippen LogP contribution in [0.15, 0.2) is 66.0 Å². The van der Waals surface area contributed by atoms with E-state index in [9.17, 15) is 4.79 Å². The summed E-state index contributed by atoms with van der Waals surface area (Å²) in [4.78, 5) is 16.1. The number of carbonyl (C=O) groups excluding carboxylic acids is 1. The summed E-state index contributed by atoms with van der Waals surface area (Å²) in [5.41, 5.74) is 3.06. The van der Waals surface area contributed by atoms with Gasteiger partial charge in [-0.15, -0.1) is 11.3 Å². The highest BCUT2D eigenvalue weighted by Gasteiger charge is 2.30. The molecule has 3 aromatic rings. The van der Waals surface area contributed by atoms with Crippen LogP contribution in [0.5, 0.6) is 5.75 Å². The molecule has 0 radical (unpaired) electrons. The molecule has 1 aromatic heterocycles. The van der Waals surface area contributed by atoms with Crippen LogP contribution in [0.1, 0.15) is 24.4 Å². The number of benzene rings is 2. The average molecular weight is 378 g/mol. The molecule has 4 nitrogen and oxygen atoms in total. The van der Waals surface area contributed by atoms with Crippen molar-refractivity contribution in [2.75, 3.05) is 19.0 Å².